The molecule has 3 amide bonds. The first kappa shape index (κ1) is 96.0. The zero-order chi connectivity index (χ0) is 83.5. The van der Waals surface area contributed by atoms with E-state index in [1.165, 1.54) is 113 Å². The molecule has 2 aromatic carbocycles. The minimum absolute atomic E-state index is 0.0243. The number of esters is 5. The number of hydrogen-bond donors (Lipinski definition) is 6. The van der Waals surface area contributed by atoms with Gasteiger partial charge >= 0.3 is 35.9 Å². The van der Waals surface area contributed by atoms with Gasteiger partial charge in [0.25, 0.3) is 0 Å². The first-order chi connectivity index (χ1) is 53.3. The van der Waals surface area contributed by atoms with E-state index in [0.29, 0.717) is 82.0 Å². The summed E-state index contributed by atoms with van der Waals surface area (Å²) in [4.78, 5) is 109. The first-order valence-electron chi connectivity index (χ1n) is 40.3. The van der Waals surface area contributed by atoms with E-state index in [1.54, 1.807) is 19.3 Å². The van der Waals surface area contributed by atoms with E-state index in [1.807, 2.05) is 95.3 Å². The van der Waals surface area contributed by atoms with E-state index >= 15 is 0 Å². The van der Waals surface area contributed by atoms with Crippen molar-refractivity contribution in [2.45, 2.75) is 233 Å². The van der Waals surface area contributed by atoms with Crippen molar-refractivity contribution in [2.75, 3.05) is 64.8 Å². The average Bonchev–Trinajstić information content (AvgIpc) is 1.39. The number of guanidine groups is 1. The Morgan fingerprint density at radius 1 is 0.549 bits per heavy atom. The van der Waals surface area contributed by atoms with Gasteiger partial charge in [-0.15, -0.1) is 23.2 Å². The van der Waals surface area contributed by atoms with Gasteiger partial charge in [-0.3, -0.25) is 43.3 Å². The smallest absolute Gasteiger partial charge is 0.407 e. The SMILES string of the molecule is C1C23CC12C3.COC(=O)[C@@H](C)CC12CC(C1)C2.COC(=O)[C@@H](C)CC12CC(C1)C2.COC(=O)[C@@H](C)CC12CC(C1)C2.COC(=O)[C@@H](C)CC12CC(I)(C1)C2.COC(=O)[C@@H](C)CI.ClCC1(CCl)CC1(Br)Br.NC(=O)[C@H](CCCCNC(=O)OCc1ccccc1)NC(=O)[C@@H](CC(=O)[C@@H](N)CCCN=C(N)N)Cc1ccccc1. The summed E-state index contributed by atoms with van der Waals surface area (Å²) in [6, 6.07) is 16.9. The summed E-state index contributed by atoms with van der Waals surface area (Å²) in [5.74, 6) is 2.24. The van der Waals surface area contributed by atoms with Crippen LogP contribution in [0, 0.1) is 91.2 Å². The number of carbonyl (C=O) groups excluding carboxylic acids is 9. The van der Waals surface area contributed by atoms with Gasteiger partial charge in [-0.2, -0.15) is 0 Å². The molecule has 2 aromatic rings. The number of aliphatic imine (C=N–C) groups is 1. The summed E-state index contributed by atoms with van der Waals surface area (Å²) in [7, 11) is 7.30. The van der Waals surface area contributed by atoms with Crippen LogP contribution < -0.4 is 33.6 Å². The van der Waals surface area contributed by atoms with Gasteiger partial charge in [-0.05, 0) is 228 Å². The molecule has 634 valence electrons. The van der Waals surface area contributed by atoms with Crippen LogP contribution in [0.25, 0.3) is 0 Å². The normalized spacial score (nSPS) is 29.4. The molecule has 28 heteroatoms. The monoisotopic (exact) mass is 1970 g/mol. The maximum absolute atomic E-state index is 13.3. The number of ether oxygens (including phenoxy) is 6. The molecule has 16 saturated carbocycles. The molecule has 8 atom stereocenters. The van der Waals surface area contributed by atoms with Crippen LogP contribution in [0.4, 0.5) is 4.79 Å². The number of ketones is 1. The Morgan fingerprint density at radius 3 is 1.23 bits per heavy atom. The fourth-order valence-corrected chi connectivity index (χ4v) is 24.4. The Labute approximate surface area is 724 Å². The molecule has 113 heavy (non-hydrogen) atoms. The second-order valence-corrected chi connectivity index (χ2v) is 43.3. The van der Waals surface area contributed by atoms with Gasteiger partial charge in [0.1, 0.15) is 18.4 Å². The Balaban J connectivity index is 0.000000201. The van der Waals surface area contributed by atoms with Gasteiger partial charge in [-0.25, -0.2) is 4.79 Å². The number of benzene rings is 2. The van der Waals surface area contributed by atoms with Crippen LogP contribution in [0.1, 0.15) is 213 Å². The van der Waals surface area contributed by atoms with Gasteiger partial charge in [0.2, 0.25) is 11.8 Å². The highest BCUT2D eigenvalue weighted by atomic mass is 127. The topological polar surface area (TPSA) is 350 Å². The summed E-state index contributed by atoms with van der Waals surface area (Å²) in [6.07, 6.45) is 28.2. The molecule has 0 spiro atoms. The van der Waals surface area contributed by atoms with Crippen molar-refractivity contribution in [1.82, 2.24) is 10.6 Å². The van der Waals surface area contributed by atoms with Crippen LogP contribution in [0.3, 0.4) is 0 Å². The van der Waals surface area contributed by atoms with Gasteiger partial charge in [-0.1, -0.05) is 172 Å². The van der Waals surface area contributed by atoms with E-state index in [4.69, 9.17) is 69.8 Å². The van der Waals surface area contributed by atoms with Crippen molar-refractivity contribution in [1.29, 1.82) is 0 Å². The summed E-state index contributed by atoms with van der Waals surface area (Å²) in [5.41, 5.74) is 28.5. The number of nitrogens with zero attached hydrogens (tertiary/aromatic N) is 1. The summed E-state index contributed by atoms with van der Waals surface area (Å²) in [6.45, 7) is 10.6. The zero-order valence-electron chi connectivity index (χ0n) is 68.1. The molecule has 0 unspecified atom stereocenters. The summed E-state index contributed by atoms with van der Waals surface area (Å²) < 4.78 is 29.9. The van der Waals surface area contributed by atoms with Crippen molar-refractivity contribution < 1.29 is 71.6 Å². The van der Waals surface area contributed by atoms with Gasteiger partial charge in [0.05, 0.1) is 74.4 Å². The van der Waals surface area contributed by atoms with Crippen LogP contribution >= 0.6 is 100 Å². The van der Waals surface area contributed by atoms with E-state index in [-0.39, 0.29) is 99.3 Å². The Morgan fingerprint density at radius 2 is 0.929 bits per heavy atom. The van der Waals surface area contributed by atoms with Crippen molar-refractivity contribution >= 4 is 160 Å². The largest absolute Gasteiger partial charge is 0.469 e. The lowest BCUT2D eigenvalue weighted by molar-refractivity contribution is -0.156. The molecule has 0 aliphatic heterocycles. The fourth-order valence-electron chi connectivity index (χ4n) is 18.4. The molecule has 10 N–H and O–H groups in total. The quantitative estimate of drug-likeness (QED) is 0.00710. The number of halogens is 6. The number of primary amides is 1. The second-order valence-electron chi connectivity index (χ2n) is 35.8. The summed E-state index contributed by atoms with van der Waals surface area (Å²) in [5, 5.41) is 5.38. The number of nitrogens with two attached hydrogens (primary N) is 4. The first-order valence-corrected chi connectivity index (χ1v) is 45.6. The number of Topliss-reactive ketones (excluding diaryl/α,β-unsaturated/α-hetero) is 1. The van der Waals surface area contributed by atoms with Gasteiger partial charge in [0, 0.05) is 50.5 Å². The van der Waals surface area contributed by atoms with E-state index in [2.05, 4.69) is 97.4 Å². The number of methoxy groups -OCH3 is 5. The number of alkyl carbamates (subject to hydrolysis) is 1. The molecule has 16 aliphatic carbocycles. The molecule has 16 aliphatic rings. The third-order valence-corrected chi connectivity index (χ3v) is 31.6. The molecule has 0 radical (unpaired) electrons. The Bertz CT molecular complexity index is 3360. The van der Waals surface area contributed by atoms with Gasteiger partial charge < -0.3 is 62.0 Å². The molecule has 8 bridgehead atoms. The number of rotatable bonds is 35. The molecule has 18 rings (SSSR count). The van der Waals surface area contributed by atoms with Crippen LogP contribution in [-0.2, 0) is 79.8 Å². The molecule has 22 nitrogen and oxygen atoms in total. The number of unbranched alkanes of at least 4 members (excludes halogenated alkanes) is 1. The number of nitrogens with one attached hydrogen (secondary N) is 2. The molecule has 0 aromatic heterocycles. The number of amides is 3. The highest BCUT2D eigenvalue weighted by molar-refractivity contribution is 14.1. The highest BCUT2D eigenvalue weighted by Gasteiger charge is 2.97. The van der Waals surface area contributed by atoms with Crippen molar-refractivity contribution in [3.8, 4) is 0 Å². The van der Waals surface area contributed by atoms with Crippen LogP contribution in [-0.4, -0.2) is 143 Å². The third-order valence-electron chi connectivity index (χ3n) is 25.9. The number of carbonyl (C=O) groups is 9. The lowest BCUT2D eigenvalue weighted by atomic mass is 9.42. The lowest BCUT2D eigenvalue weighted by Crippen LogP contribution is -2.63. The molecular formula is C85H127Br2Cl2I2N7O15. The zero-order valence-corrected chi connectivity index (χ0v) is 77.1. The standard InChI is InChI=1S/C30H43N7O5.C10H15IO2.3C10H16O2.C5H6Br2Cl2.C5H9IO2.C5H6/c31-24(14-9-17-35-29(33)34)26(38)19-23(18-21-10-3-1-4-11-21)28(40)37-25(27(32)39)15-7-8-16-36-30(41)42-20-22-12-5-2-6-13-22;1-7(8(12)13-2)3-9-4-10(11,5-9)6-9;3*1-7(9(11)12-2)3-10-4-8(5-10)6-10;6-5(7)1-4(5,2-8)3-9;1-4(3-6)5(7)8-2;1-4-2-5(1,4)3-4/h1-6,10-13,23-25H,7-9,14-20,31H2,(H2,32,39)(H,36,41)(H,37,40)(H4,33,34,35);7H,3-6H2,1-2H3;3*7-8H,3-6H2,1-2H3;1-3H2;4H,3H2,1-2H3;1-3H2/t23-,24+,25+;7-,9?,10?;3*7-,8?,10?;;4-;/m10000.0./s1. The Hall–Kier alpha value is -4.10. The van der Waals surface area contributed by atoms with Crippen LogP contribution in [0.5, 0.6) is 0 Å². The fraction of sp³-hybridized carbons (Fsp3) is 0.741. The van der Waals surface area contributed by atoms with Crippen molar-refractivity contribution in [3.05, 3.63) is 71.8 Å². The predicted octanol–water partition coefficient (Wildman–Crippen LogP) is 15.5. The molecule has 0 saturated heterocycles. The minimum Gasteiger partial charge on any atom is -0.469 e. The second kappa shape index (κ2) is 42.2. The van der Waals surface area contributed by atoms with Crippen molar-refractivity contribution in [2.24, 2.45) is 119 Å². The Kier molecular flexibility index (Phi) is 35.9. The number of hydrogen-bond acceptors (Lipinski definition) is 17. The molecule has 16 fully saturated rings. The van der Waals surface area contributed by atoms with E-state index in [9.17, 15) is 43.2 Å². The number of alkyl halides is 6. The van der Waals surface area contributed by atoms with Crippen LogP contribution in [0.2, 0.25) is 0 Å². The molecular weight excluding hydrogens is 1840 g/mol. The lowest BCUT2D eigenvalue weighted by Gasteiger charge is -2.69. The highest BCUT2D eigenvalue weighted by Crippen LogP contribution is 3.06. The predicted molar refractivity (Wildman–Crippen MR) is 464 cm³/mol. The minimum atomic E-state index is -0.927. The summed E-state index contributed by atoms with van der Waals surface area (Å²) >= 11 is 23.1. The maximum Gasteiger partial charge on any atom is 0.407 e. The molecule has 0 heterocycles. The van der Waals surface area contributed by atoms with Crippen molar-refractivity contribution in [3.63, 3.8) is 0 Å². The maximum atomic E-state index is 13.3. The van der Waals surface area contributed by atoms with E-state index < -0.39 is 35.9 Å². The van der Waals surface area contributed by atoms with Gasteiger partial charge in [0.15, 0.2) is 5.96 Å². The third kappa shape index (κ3) is 27.2. The van der Waals surface area contributed by atoms with E-state index in [0.717, 1.165) is 76.2 Å². The van der Waals surface area contributed by atoms with Crippen LogP contribution in [0.15, 0.2) is 65.7 Å². The average molecular weight is 1970 g/mol.